The topological polar surface area (TPSA) is 46.6 Å². The van der Waals surface area contributed by atoms with Crippen molar-refractivity contribution in [3.8, 4) is 0 Å². The largest absolute Gasteiger partial charge is 0.444 e. The van der Waals surface area contributed by atoms with Gasteiger partial charge in [-0.1, -0.05) is 13.8 Å². The van der Waals surface area contributed by atoms with Crippen molar-refractivity contribution in [3.63, 3.8) is 0 Å². The van der Waals surface area contributed by atoms with Gasteiger partial charge in [0, 0.05) is 40.8 Å². The van der Waals surface area contributed by atoms with Crippen molar-refractivity contribution < 1.29 is 13.7 Å². The lowest BCUT2D eigenvalue weighted by Gasteiger charge is -2.39. The molecule has 1 atom stereocenters. The summed E-state index contributed by atoms with van der Waals surface area (Å²) in [5.41, 5.74) is -0.442. The van der Waals surface area contributed by atoms with E-state index in [1.165, 1.54) is 0 Å². The molecule has 1 amide bonds. The molecule has 0 aromatic carbocycles. The van der Waals surface area contributed by atoms with Crippen LogP contribution in [0.5, 0.6) is 0 Å². The lowest BCUT2D eigenvalue weighted by molar-refractivity contribution is 0.00202. The maximum absolute atomic E-state index is 11.6. The Hall–Kier alpha value is -0.580. The van der Waals surface area contributed by atoms with E-state index < -0.39 is 16.4 Å². The zero-order valence-corrected chi connectivity index (χ0v) is 12.2. The summed E-state index contributed by atoms with van der Waals surface area (Å²) in [4.78, 5) is 13.3. The number of nitrogens with zero attached hydrogens (tertiary/aromatic N) is 1. The highest BCUT2D eigenvalue weighted by Gasteiger charge is 2.34. The van der Waals surface area contributed by atoms with E-state index in [1.807, 2.05) is 34.6 Å². The third kappa shape index (κ3) is 4.66. The predicted octanol–water partition coefficient (Wildman–Crippen LogP) is 2.01. The first kappa shape index (κ1) is 14.5. The number of hydrogen-bond donors (Lipinski definition) is 0. The SMILES string of the molecule is CC(C)S(=O)CC1CN(C(=O)OC(C)(C)C)C1. The first-order chi connectivity index (χ1) is 7.69. The maximum Gasteiger partial charge on any atom is 0.410 e. The van der Waals surface area contributed by atoms with E-state index in [1.54, 1.807) is 4.90 Å². The summed E-state index contributed by atoms with van der Waals surface area (Å²) in [5.74, 6) is 1.06. The van der Waals surface area contributed by atoms with E-state index in [0.717, 1.165) is 0 Å². The molecule has 0 radical (unpaired) electrons. The molecule has 1 aliphatic heterocycles. The zero-order chi connectivity index (χ0) is 13.2. The van der Waals surface area contributed by atoms with Crippen LogP contribution in [-0.4, -0.2) is 44.9 Å². The van der Waals surface area contributed by atoms with Crippen LogP contribution in [-0.2, 0) is 15.5 Å². The van der Waals surface area contributed by atoms with Crippen LogP contribution in [0.15, 0.2) is 0 Å². The van der Waals surface area contributed by atoms with Crippen LogP contribution in [0.3, 0.4) is 0 Å². The molecule has 1 aliphatic rings. The molecule has 1 saturated heterocycles. The molecule has 17 heavy (non-hydrogen) atoms. The van der Waals surface area contributed by atoms with Gasteiger partial charge in [-0.05, 0) is 20.8 Å². The summed E-state index contributed by atoms with van der Waals surface area (Å²) in [7, 11) is -0.776. The minimum atomic E-state index is -0.776. The molecule has 0 aromatic heterocycles. The Labute approximate surface area is 106 Å². The van der Waals surface area contributed by atoms with Gasteiger partial charge in [0.25, 0.3) is 0 Å². The number of rotatable bonds is 3. The van der Waals surface area contributed by atoms with Crippen molar-refractivity contribution in [3.05, 3.63) is 0 Å². The number of carbonyl (C=O) groups excluding carboxylic acids is 1. The fourth-order valence-corrected chi connectivity index (χ4v) is 2.64. The molecule has 0 spiro atoms. The van der Waals surface area contributed by atoms with Crippen molar-refractivity contribution >= 4 is 16.9 Å². The Morgan fingerprint density at radius 1 is 1.41 bits per heavy atom. The Morgan fingerprint density at radius 3 is 2.35 bits per heavy atom. The van der Waals surface area contributed by atoms with Crippen LogP contribution in [0.4, 0.5) is 4.79 Å². The van der Waals surface area contributed by atoms with E-state index in [9.17, 15) is 9.00 Å². The number of hydrogen-bond acceptors (Lipinski definition) is 3. The normalized spacial score (nSPS) is 19.1. The first-order valence-corrected chi connectivity index (χ1v) is 7.42. The molecule has 1 rings (SSSR count). The summed E-state index contributed by atoms with van der Waals surface area (Å²) < 4.78 is 16.9. The average Bonchev–Trinajstić information content (AvgIpc) is 2.06. The Balaban J connectivity index is 2.28. The average molecular weight is 261 g/mol. The molecule has 5 heteroatoms. The van der Waals surface area contributed by atoms with Gasteiger partial charge in [-0.15, -0.1) is 0 Å². The smallest absolute Gasteiger partial charge is 0.410 e. The maximum atomic E-state index is 11.6. The van der Waals surface area contributed by atoms with Crippen LogP contribution < -0.4 is 0 Å². The summed E-state index contributed by atoms with van der Waals surface area (Å²) in [6.45, 7) is 10.8. The highest BCUT2D eigenvalue weighted by atomic mass is 32.2. The molecule has 0 saturated carbocycles. The van der Waals surface area contributed by atoms with E-state index in [4.69, 9.17) is 4.74 Å². The van der Waals surface area contributed by atoms with Gasteiger partial charge in [-0.3, -0.25) is 4.21 Å². The number of ether oxygens (including phenoxy) is 1. The summed E-state index contributed by atoms with van der Waals surface area (Å²) >= 11 is 0. The summed E-state index contributed by atoms with van der Waals surface area (Å²) in [6, 6.07) is 0. The molecule has 1 heterocycles. The van der Waals surface area contributed by atoms with Crippen LogP contribution >= 0.6 is 0 Å². The minimum Gasteiger partial charge on any atom is -0.444 e. The van der Waals surface area contributed by atoms with Crippen LogP contribution in [0.25, 0.3) is 0 Å². The van der Waals surface area contributed by atoms with Gasteiger partial charge in [0.1, 0.15) is 5.60 Å². The molecular formula is C12H23NO3S. The van der Waals surface area contributed by atoms with Gasteiger partial charge in [0.2, 0.25) is 0 Å². The number of amides is 1. The standard InChI is InChI=1S/C12H23NO3S/c1-9(2)17(15)8-10-6-13(7-10)11(14)16-12(3,4)5/h9-10H,6-8H2,1-5H3. The van der Waals surface area contributed by atoms with Gasteiger partial charge < -0.3 is 9.64 Å². The number of likely N-dealkylation sites (tertiary alicyclic amines) is 1. The highest BCUT2D eigenvalue weighted by molar-refractivity contribution is 7.85. The van der Waals surface area contributed by atoms with Crippen LogP contribution in [0.1, 0.15) is 34.6 Å². The van der Waals surface area contributed by atoms with Gasteiger partial charge in [0.15, 0.2) is 0 Å². The highest BCUT2D eigenvalue weighted by Crippen LogP contribution is 2.20. The van der Waals surface area contributed by atoms with Crippen molar-refractivity contribution in [2.75, 3.05) is 18.8 Å². The van der Waals surface area contributed by atoms with Gasteiger partial charge in [-0.2, -0.15) is 0 Å². The monoisotopic (exact) mass is 261 g/mol. The first-order valence-electron chi connectivity index (χ1n) is 6.04. The molecular weight excluding hydrogens is 238 g/mol. The molecule has 1 unspecified atom stereocenters. The quantitative estimate of drug-likeness (QED) is 0.780. The lowest BCUT2D eigenvalue weighted by Crippen LogP contribution is -2.53. The molecule has 0 bridgehead atoms. The number of carbonyl (C=O) groups is 1. The molecule has 1 fully saturated rings. The zero-order valence-electron chi connectivity index (χ0n) is 11.4. The second kappa shape index (κ2) is 5.38. The van der Waals surface area contributed by atoms with Crippen molar-refractivity contribution in [1.29, 1.82) is 0 Å². The summed E-state index contributed by atoms with van der Waals surface area (Å²) in [6.07, 6.45) is -0.260. The Bertz CT molecular complexity index is 303. The third-order valence-corrected chi connectivity index (χ3v) is 4.39. The molecule has 0 aromatic rings. The van der Waals surface area contributed by atoms with Gasteiger partial charge in [0.05, 0.1) is 0 Å². The van der Waals surface area contributed by atoms with Gasteiger partial charge in [-0.25, -0.2) is 4.79 Å². The molecule has 0 N–H and O–H groups in total. The Kier molecular flexibility index (Phi) is 4.58. The third-order valence-electron chi connectivity index (χ3n) is 2.53. The fraction of sp³-hybridized carbons (Fsp3) is 0.917. The van der Waals surface area contributed by atoms with Gasteiger partial charge >= 0.3 is 6.09 Å². The fourth-order valence-electron chi connectivity index (χ4n) is 1.58. The van der Waals surface area contributed by atoms with Crippen molar-refractivity contribution in [2.45, 2.75) is 45.5 Å². The summed E-state index contributed by atoms with van der Waals surface area (Å²) in [5, 5.41) is 0.200. The Morgan fingerprint density at radius 2 is 1.94 bits per heavy atom. The second-order valence-electron chi connectivity index (χ2n) is 5.85. The van der Waals surface area contributed by atoms with E-state index in [-0.39, 0.29) is 11.3 Å². The molecule has 100 valence electrons. The van der Waals surface area contributed by atoms with Crippen molar-refractivity contribution in [2.24, 2.45) is 5.92 Å². The minimum absolute atomic E-state index is 0.200. The molecule has 4 nitrogen and oxygen atoms in total. The van der Waals surface area contributed by atoms with E-state index in [2.05, 4.69) is 0 Å². The second-order valence-corrected chi connectivity index (χ2v) is 7.89. The lowest BCUT2D eigenvalue weighted by atomic mass is 10.0. The van der Waals surface area contributed by atoms with Crippen LogP contribution in [0, 0.1) is 5.92 Å². The van der Waals surface area contributed by atoms with Crippen LogP contribution in [0.2, 0.25) is 0 Å². The molecule has 0 aliphatic carbocycles. The van der Waals surface area contributed by atoms with E-state index in [0.29, 0.717) is 24.8 Å². The van der Waals surface area contributed by atoms with E-state index >= 15 is 0 Å². The van der Waals surface area contributed by atoms with Crippen molar-refractivity contribution in [1.82, 2.24) is 4.90 Å². The predicted molar refractivity (Wildman–Crippen MR) is 69.4 cm³/mol.